The molecule has 0 radical (unpaired) electrons. The van der Waals surface area contributed by atoms with Crippen molar-refractivity contribution in [1.82, 2.24) is 15.0 Å². The molecule has 0 bridgehead atoms. The molecule has 1 amide bonds. The van der Waals surface area contributed by atoms with Gasteiger partial charge in [-0.3, -0.25) is 4.79 Å². The first-order valence-corrected chi connectivity index (χ1v) is 10.1. The van der Waals surface area contributed by atoms with Crippen LogP contribution in [0.2, 0.25) is 0 Å². The second-order valence-electron chi connectivity index (χ2n) is 7.75. The van der Waals surface area contributed by atoms with Gasteiger partial charge >= 0.3 is 0 Å². The van der Waals surface area contributed by atoms with E-state index in [0.29, 0.717) is 30.7 Å². The Bertz CT molecular complexity index is 595. The normalized spacial score (nSPS) is 24.8. The van der Waals surface area contributed by atoms with Crippen LogP contribution in [0.1, 0.15) is 62.7 Å². The van der Waals surface area contributed by atoms with E-state index in [4.69, 9.17) is 14.0 Å². The average Bonchev–Trinajstić information content (AvgIpc) is 3.27. The lowest BCUT2D eigenvalue weighted by molar-refractivity contribution is -0.139. The SMILES string of the molecule is O=C(C1CCC1)N1CCCC1c1nc(CCOCC2CCOCC2)no1. The van der Waals surface area contributed by atoms with Crippen LogP contribution in [0.3, 0.4) is 0 Å². The van der Waals surface area contributed by atoms with Crippen molar-refractivity contribution >= 4 is 5.91 Å². The molecule has 1 atom stereocenters. The van der Waals surface area contributed by atoms with Crippen LogP contribution < -0.4 is 0 Å². The smallest absolute Gasteiger partial charge is 0.249 e. The number of ether oxygens (including phenoxy) is 2. The Hall–Kier alpha value is -1.47. The highest BCUT2D eigenvalue weighted by molar-refractivity contribution is 5.80. The van der Waals surface area contributed by atoms with Crippen molar-refractivity contribution in [3.05, 3.63) is 11.7 Å². The zero-order valence-electron chi connectivity index (χ0n) is 15.4. The van der Waals surface area contributed by atoms with E-state index in [0.717, 1.165) is 64.9 Å². The molecule has 3 heterocycles. The zero-order chi connectivity index (χ0) is 17.8. The predicted octanol–water partition coefficient (Wildman–Crippen LogP) is 2.52. The monoisotopic (exact) mass is 363 g/mol. The number of rotatable bonds is 7. The van der Waals surface area contributed by atoms with E-state index in [2.05, 4.69) is 10.1 Å². The molecule has 0 aromatic carbocycles. The van der Waals surface area contributed by atoms with E-state index in [-0.39, 0.29) is 17.9 Å². The number of carbonyl (C=O) groups excluding carboxylic acids is 1. The van der Waals surface area contributed by atoms with Crippen LogP contribution in [0.25, 0.3) is 0 Å². The van der Waals surface area contributed by atoms with Gasteiger partial charge in [-0.1, -0.05) is 11.6 Å². The molecule has 3 fully saturated rings. The van der Waals surface area contributed by atoms with Crippen molar-refractivity contribution in [2.75, 3.05) is 33.0 Å². The van der Waals surface area contributed by atoms with Gasteiger partial charge in [0, 0.05) is 38.7 Å². The number of nitrogens with zero attached hydrogens (tertiary/aromatic N) is 3. The molecular formula is C19H29N3O4. The average molecular weight is 363 g/mol. The number of likely N-dealkylation sites (tertiary alicyclic amines) is 1. The highest BCUT2D eigenvalue weighted by Crippen LogP contribution is 2.36. The van der Waals surface area contributed by atoms with Gasteiger partial charge in [0.2, 0.25) is 11.8 Å². The number of hydrogen-bond donors (Lipinski definition) is 0. The molecule has 7 heteroatoms. The summed E-state index contributed by atoms with van der Waals surface area (Å²) in [5.41, 5.74) is 0. The van der Waals surface area contributed by atoms with E-state index >= 15 is 0 Å². The molecule has 26 heavy (non-hydrogen) atoms. The third-order valence-electron chi connectivity index (χ3n) is 5.92. The topological polar surface area (TPSA) is 77.7 Å². The van der Waals surface area contributed by atoms with Crippen molar-refractivity contribution in [2.45, 2.75) is 57.4 Å². The first-order chi connectivity index (χ1) is 12.8. The Morgan fingerprint density at radius 1 is 1.15 bits per heavy atom. The summed E-state index contributed by atoms with van der Waals surface area (Å²) in [6.07, 6.45) is 7.97. The predicted molar refractivity (Wildman–Crippen MR) is 93.4 cm³/mol. The summed E-state index contributed by atoms with van der Waals surface area (Å²) >= 11 is 0. The van der Waals surface area contributed by atoms with Crippen LogP contribution in [0.4, 0.5) is 0 Å². The Morgan fingerprint density at radius 3 is 2.77 bits per heavy atom. The minimum absolute atomic E-state index is 0.0347. The highest BCUT2D eigenvalue weighted by Gasteiger charge is 2.38. The second kappa shape index (κ2) is 8.48. The Labute approximate surface area is 154 Å². The fraction of sp³-hybridized carbons (Fsp3) is 0.842. The van der Waals surface area contributed by atoms with E-state index in [1.165, 1.54) is 6.42 Å². The number of amides is 1. The summed E-state index contributed by atoms with van der Waals surface area (Å²) in [5, 5.41) is 4.09. The van der Waals surface area contributed by atoms with Crippen LogP contribution in [0, 0.1) is 11.8 Å². The molecule has 1 saturated carbocycles. The van der Waals surface area contributed by atoms with Gasteiger partial charge in [0.25, 0.3) is 0 Å². The third kappa shape index (κ3) is 4.09. The minimum Gasteiger partial charge on any atom is -0.381 e. The summed E-state index contributed by atoms with van der Waals surface area (Å²) < 4.78 is 16.6. The lowest BCUT2D eigenvalue weighted by Gasteiger charge is -2.31. The van der Waals surface area contributed by atoms with Crippen LogP contribution >= 0.6 is 0 Å². The summed E-state index contributed by atoms with van der Waals surface area (Å²) in [6.45, 7) is 3.89. The standard InChI is InChI=1S/C19H29N3O4/c23-19(15-3-1-4-15)22-9-2-5-16(22)18-20-17(21-26-18)8-12-25-13-14-6-10-24-11-7-14/h14-16H,1-13H2. The van der Waals surface area contributed by atoms with Crippen LogP contribution in [-0.4, -0.2) is 53.9 Å². The molecule has 7 nitrogen and oxygen atoms in total. The molecular weight excluding hydrogens is 334 g/mol. The van der Waals surface area contributed by atoms with Gasteiger partial charge in [0.15, 0.2) is 5.82 Å². The molecule has 2 aliphatic heterocycles. The van der Waals surface area contributed by atoms with Gasteiger partial charge in [-0.25, -0.2) is 0 Å². The van der Waals surface area contributed by atoms with E-state index in [1.54, 1.807) is 0 Å². The molecule has 0 N–H and O–H groups in total. The Kier molecular flexibility index (Phi) is 5.84. The summed E-state index contributed by atoms with van der Waals surface area (Å²) in [6, 6.07) is -0.0347. The van der Waals surface area contributed by atoms with E-state index in [1.807, 2.05) is 4.90 Å². The van der Waals surface area contributed by atoms with Crippen molar-refractivity contribution in [3.63, 3.8) is 0 Å². The summed E-state index contributed by atoms with van der Waals surface area (Å²) in [4.78, 5) is 19.1. The summed E-state index contributed by atoms with van der Waals surface area (Å²) in [7, 11) is 0. The minimum atomic E-state index is -0.0347. The number of hydrogen-bond acceptors (Lipinski definition) is 6. The first kappa shape index (κ1) is 17.9. The van der Waals surface area contributed by atoms with Crippen molar-refractivity contribution < 1.29 is 18.8 Å². The lowest BCUT2D eigenvalue weighted by Crippen LogP contribution is -2.38. The Morgan fingerprint density at radius 2 is 2.00 bits per heavy atom. The van der Waals surface area contributed by atoms with E-state index < -0.39 is 0 Å². The maximum Gasteiger partial charge on any atom is 0.249 e. The number of carbonyl (C=O) groups is 1. The largest absolute Gasteiger partial charge is 0.381 e. The third-order valence-corrected chi connectivity index (χ3v) is 5.92. The van der Waals surface area contributed by atoms with Crippen molar-refractivity contribution in [1.29, 1.82) is 0 Å². The molecule has 1 aliphatic carbocycles. The van der Waals surface area contributed by atoms with Gasteiger partial charge in [-0.2, -0.15) is 4.98 Å². The number of aromatic nitrogens is 2. The molecule has 1 aromatic heterocycles. The van der Waals surface area contributed by atoms with Crippen LogP contribution in [0.15, 0.2) is 4.52 Å². The first-order valence-electron chi connectivity index (χ1n) is 10.1. The van der Waals surface area contributed by atoms with Crippen molar-refractivity contribution in [2.24, 2.45) is 11.8 Å². The van der Waals surface area contributed by atoms with Gasteiger partial charge in [-0.05, 0) is 44.4 Å². The van der Waals surface area contributed by atoms with Crippen LogP contribution in [-0.2, 0) is 20.7 Å². The molecule has 144 valence electrons. The molecule has 3 aliphatic rings. The summed E-state index contributed by atoms with van der Waals surface area (Å²) in [5.74, 6) is 2.37. The van der Waals surface area contributed by atoms with Crippen molar-refractivity contribution in [3.8, 4) is 0 Å². The highest BCUT2D eigenvalue weighted by atomic mass is 16.5. The van der Waals surface area contributed by atoms with Gasteiger partial charge < -0.3 is 18.9 Å². The molecule has 1 unspecified atom stereocenters. The maximum absolute atomic E-state index is 12.6. The molecule has 2 saturated heterocycles. The lowest BCUT2D eigenvalue weighted by atomic mass is 9.84. The zero-order valence-corrected chi connectivity index (χ0v) is 15.4. The fourth-order valence-electron chi connectivity index (χ4n) is 4.01. The molecule has 1 aromatic rings. The Balaban J connectivity index is 1.25. The van der Waals surface area contributed by atoms with Crippen LogP contribution in [0.5, 0.6) is 0 Å². The maximum atomic E-state index is 12.6. The quantitative estimate of drug-likeness (QED) is 0.693. The van der Waals surface area contributed by atoms with E-state index in [9.17, 15) is 4.79 Å². The second-order valence-corrected chi connectivity index (χ2v) is 7.75. The molecule has 0 spiro atoms. The molecule has 4 rings (SSSR count). The fourth-order valence-corrected chi connectivity index (χ4v) is 4.01. The van der Waals surface area contributed by atoms with Gasteiger partial charge in [-0.15, -0.1) is 0 Å². The van der Waals surface area contributed by atoms with Gasteiger partial charge in [0.05, 0.1) is 6.61 Å². The van der Waals surface area contributed by atoms with Gasteiger partial charge in [0.1, 0.15) is 6.04 Å².